The predicted molar refractivity (Wildman–Crippen MR) is 163 cm³/mol. The van der Waals surface area contributed by atoms with Gasteiger partial charge >= 0.3 is 0 Å². The zero-order valence-corrected chi connectivity index (χ0v) is 24.7. The highest BCUT2D eigenvalue weighted by molar-refractivity contribution is 9.10. The number of rotatable bonds is 8. The van der Waals surface area contributed by atoms with Crippen LogP contribution in [0.3, 0.4) is 0 Å². The monoisotopic (exact) mass is 650 g/mol. The number of ether oxygens (including phenoxy) is 1. The van der Waals surface area contributed by atoms with Gasteiger partial charge in [-0.05, 0) is 61.0 Å². The van der Waals surface area contributed by atoms with E-state index in [1.807, 2.05) is 29.6 Å². The van der Waals surface area contributed by atoms with E-state index in [1.165, 1.54) is 29.5 Å². The average molecular weight is 652 g/mol. The maximum absolute atomic E-state index is 13.4. The quantitative estimate of drug-likeness (QED) is 0.0956. The van der Waals surface area contributed by atoms with Gasteiger partial charge in [0.1, 0.15) is 17.3 Å². The van der Waals surface area contributed by atoms with E-state index >= 15 is 0 Å². The standard InChI is InChI=1S/C30H21BrClFN4O3S/c1-19-5-8-21(13-27(19)37(38)39)28-18-41-30(34-16-20-6-11-25(33)12-7-20)36(28)35-17-22-9-10-23(31)14-29(22)40-26-4-2-3-24(32)15-26/h2-15,17-18H,16H2,1H3/b34-30?,35-17+. The number of nitro benzene ring substituents is 1. The molecule has 0 bridgehead atoms. The van der Waals surface area contributed by atoms with Crippen LogP contribution >= 0.6 is 38.9 Å². The topological polar surface area (TPSA) is 82.0 Å². The van der Waals surface area contributed by atoms with Gasteiger partial charge in [-0.3, -0.25) is 15.1 Å². The van der Waals surface area contributed by atoms with Crippen molar-refractivity contribution < 1.29 is 14.1 Å². The molecule has 41 heavy (non-hydrogen) atoms. The Hall–Kier alpha value is -4.12. The van der Waals surface area contributed by atoms with E-state index in [2.05, 4.69) is 15.9 Å². The lowest BCUT2D eigenvalue weighted by Crippen LogP contribution is -2.12. The Bertz CT molecular complexity index is 1840. The minimum atomic E-state index is -0.403. The van der Waals surface area contributed by atoms with Crippen LogP contribution in [0, 0.1) is 22.9 Å². The number of halogens is 3. The van der Waals surface area contributed by atoms with Crippen molar-refractivity contribution in [1.82, 2.24) is 4.68 Å². The number of nitrogens with zero attached hydrogens (tertiary/aromatic N) is 4. The van der Waals surface area contributed by atoms with Gasteiger partial charge in [0.2, 0.25) is 4.80 Å². The third-order valence-corrected chi connectivity index (χ3v) is 7.59. The third-order valence-electron chi connectivity index (χ3n) is 6.01. The fraction of sp³-hybridized carbons (Fsp3) is 0.0667. The fourth-order valence-corrected chi connectivity index (χ4v) is 5.27. The van der Waals surface area contributed by atoms with Gasteiger partial charge < -0.3 is 4.74 Å². The zero-order valence-electron chi connectivity index (χ0n) is 21.5. The second kappa shape index (κ2) is 12.6. The van der Waals surface area contributed by atoms with E-state index in [1.54, 1.807) is 60.3 Å². The Morgan fingerprint density at radius 3 is 2.66 bits per heavy atom. The van der Waals surface area contributed by atoms with E-state index in [0.717, 1.165) is 10.0 Å². The van der Waals surface area contributed by atoms with Gasteiger partial charge in [-0.2, -0.15) is 5.10 Å². The van der Waals surface area contributed by atoms with Crippen LogP contribution in [-0.2, 0) is 6.54 Å². The zero-order chi connectivity index (χ0) is 28.9. The first-order valence-corrected chi connectivity index (χ1v) is 14.3. The van der Waals surface area contributed by atoms with Crippen molar-refractivity contribution in [3.8, 4) is 22.8 Å². The molecule has 0 fully saturated rings. The minimum absolute atomic E-state index is 0.0131. The lowest BCUT2D eigenvalue weighted by Gasteiger charge is -2.10. The summed E-state index contributed by atoms with van der Waals surface area (Å²) >= 11 is 11.0. The summed E-state index contributed by atoms with van der Waals surface area (Å²) in [6.45, 7) is 1.99. The van der Waals surface area contributed by atoms with Gasteiger partial charge in [-0.15, -0.1) is 11.3 Å². The molecule has 1 aromatic heterocycles. The summed E-state index contributed by atoms with van der Waals surface area (Å²) in [4.78, 5) is 16.5. The van der Waals surface area contributed by atoms with Crippen LogP contribution < -0.4 is 9.54 Å². The van der Waals surface area contributed by atoms with Crippen LogP contribution in [0.5, 0.6) is 11.5 Å². The Balaban J connectivity index is 1.58. The van der Waals surface area contributed by atoms with Gasteiger partial charge in [0.15, 0.2) is 0 Å². The normalized spacial score (nSPS) is 11.8. The highest BCUT2D eigenvalue weighted by atomic mass is 79.9. The molecule has 0 saturated heterocycles. The molecule has 5 rings (SSSR count). The van der Waals surface area contributed by atoms with Crippen molar-refractivity contribution in [1.29, 1.82) is 0 Å². The van der Waals surface area contributed by atoms with E-state index in [4.69, 9.17) is 26.4 Å². The first kappa shape index (κ1) is 28.4. The Morgan fingerprint density at radius 1 is 1.10 bits per heavy atom. The van der Waals surface area contributed by atoms with E-state index in [9.17, 15) is 14.5 Å². The molecule has 206 valence electrons. The van der Waals surface area contributed by atoms with Crippen LogP contribution in [0.2, 0.25) is 5.02 Å². The van der Waals surface area contributed by atoms with Crippen LogP contribution in [-0.4, -0.2) is 15.8 Å². The highest BCUT2D eigenvalue weighted by Crippen LogP contribution is 2.30. The summed E-state index contributed by atoms with van der Waals surface area (Å²) in [5.41, 5.74) is 3.32. The molecule has 0 aliphatic rings. The van der Waals surface area contributed by atoms with Crippen molar-refractivity contribution >= 4 is 50.8 Å². The van der Waals surface area contributed by atoms with E-state index in [0.29, 0.717) is 50.3 Å². The van der Waals surface area contributed by atoms with Gasteiger partial charge in [0.25, 0.3) is 5.69 Å². The summed E-state index contributed by atoms with van der Waals surface area (Å²) in [7, 11) is 0. The molecule has 0 spiro atoms. The molecule has 4 aromatic carbocycles. The SMILES string of the molecule is Cc1ccc(-c2csc(=NCc3ccc(F)cc3)n2/N=C/c2ccc(Br)cc2Oc2cccc(Cl)c2)cc1[N+](=O)[O-]. The smallest absolute Gasteiger partial charge is 0.272 e. The average Bonchev–Trinajstić information content (AvgIpc) is 3.35. The number of nitro groups is 1. The molecule has 1 heterocycles. The number of thiazole rings is 1. The van der Waals surface area contributed by atoms with Crippen LogP contribution in [0.4, 0.5) is 10.1 Å². The van der Waals surface area contributed by atoms with E-state index in [-0.39, 0.29) is 11.5 Å². The maximum atomic E-state index is 13.4. The maximum Gasteiger partial charge on any atom is 0.272 e. The molecular weight excluding hydrogens is 631 g/mol. The van der Waals surface area contributed by atoms with Crippen molar-refractivity contribution in [3.63, 3.8) is 0 Å². The van der Waals surface area contributed by atoms with E-state index < -0.39 is 4.92 Å². The first-order valence-electron chi connectivity index (χ1n) is 12.2. The third kappa shape index (κ3) is 6.97. The molecule has 5 aromatic rings. The number of benzene rings is 4. The second-order valence-electron chi connectivity index (χ2n) is 8.90. The number of hydrogen-bond donors (Lipinski definition) is 0. The van der Waals surface area contributed by atoms with Gasteiger partial charge in [0.05, 0.1) is 23.4 Å². The molecule has 0 amide bonds. The summed E-state index contributed by atoms with van der Waals surface area (Å²) in [5.74, 6) is 0.785. The van der Waals surface area contributed by atoms with Crippen LogP contribution in [0.25, 0.3) is 11.3 Å². The van der Waals surface area contributed by atoms with Gasteiger partial charge in [-0.1, -0.05) is 57.9 Å². The molecule has 0 radical (unpaired) electrons. The molecule has 0 aliphatic heterocycles. The molecular formula is C30H21BrClFN4O3S. The van der Waals surface area contributed by atoms with Gasteiger partial charge in [-0.25, -0.2) is 9.07 Å². The predicted octanol–water partition coefficient (Wildman–Crippen LogP) is 8.76. The summed E-state index contributed by atoms with van der Waals surface area (Å²) < 4.78 is 21.9. The summed E-state index contributed by atoms with van der Waals surface area (Å²) in [6, 6.07) is 23.8. The number of aryl methyl sites for hydroxylation is 1. The second-order valence-corrected chi connectivity index (χ2v) is 11.1. The van der Waals surface area contributed by atoms with Crippen molar-refractivity contribution in [2.75, 3.05) is 0 Å². The van der Waals surface area contributed by atoms with Crippen molar-refractivity contribution in [3.05, 3.63) is 137 Å². The molecule has 0 atom stereocenters. The Kier molecular flexibility index (Phi) is 8.72. The molecule has 0 saturated carbocycles. The van der Waals surface area contributed by atoms with Crippen LogP contribution in [0.1, 0.15) is 16.7 Å². The molecule has 0 unspecified atom stereocenters. The largest absolute Gasteiger partial charge is 0.457 e. The minimum Gasteiger partial charge on any atom is -0.457 e. The summed E-state index contributed by atoms with van der Waals surface area (Å²) in [6.07, 6.45) is 1.64. The summed E-state index contributed by atoms with van der Waals surface area (Å²) in [5, 5.41) is 18.8. The lowest BCUT2D eigenvalue weighted by atomic mass is 10.1. The van der Waals surface area contributed by atoms with Gasteiger partial charge in [0, 0.05) is 37.6 Å². The van der Waals surface area contributed by atoms with Crippen LogP contribution in [0.15, 0.2) is 105 Å². The molecule has 0 aliphatic carbocycles. The Labute approximate surface area is 252 Å². The van der Waals surface area contributed by atoms with Crippen molar-refractivity contribution in [2.45, 2.75) is 13.5 Å². The molecule has 0 N–H and O–H groups in total. The molecule has 11 heteroatoms. The fourth-order valence-electron chi connectivity index (χ4n) is 3.91. The first-order chi connectivity index (χ1) is 19.8. The molecule has 7 nitrogen and oxygen atoms in total. The van der Waals surface area contributed by atoms with Crippen molar-refractivity contribution in [2.24, 2.45) is 10.1 Å². The number of aromatic nitrogens is 1. The lowest BCUT2D eigenvalue weighted by molar-refractivity contribution is -0.385. The number of hydrogen-bond acceptors (Lipinski definition) is 6. The Morgan fingerprint density at radius 2 is 1.90 bits per heavy atom. The highest BCUT2D eigenvalue weighted by Gasteiger charge is 2.15.